The van der Waals surface area contributed by atoms with Crippen molar-refractivity contribution in [3.8, 4) is 5.75 Å². The van der Waals surface area contributed by atoms with Crippen molar-refractivity contribution in [1.29, 1.82) is 0 Å². The standard InChI is InChI=1S/C25H31FN6O2/c1-17(2)13-21(28-25(33)19-5-4-9-27-15-19)24-30-29-23-8-10-31(11-12-32(23)24)16-18-6-7-20(26)22(14-18)34-3/h4-7,9,14-15,17,21H,8,10-13,16H2,1-3H3,(H,28,33)/t21-/m0/s1. The Bertz CT molecular complexity index is 1120. The monoisotopic (exact) mass is 466 g/mol. The van der Waals surface area contributed by atoms with Gasteiger partial charge in [-0.2, -0.15) is 0 Å². The summed E-state index contributed by atoms with van der Waals surface area (Å²) in [5.74, 6) is 1.79. The molecule has 0 saturated heterocycles. The first kappa shape index (κ1) is 23.8. The van der Waals surface area contributed by atoms with Gasteiger partial charge in [-0.25, -0.2) is 4.39 Å². The molecule has 0 spiro atoms. The number of pyridine rings is 1. The summed E-state index contributed by atoms with van der Waals surface area (Å²) in [4.78, 5) is 19.2. The fourth-order valence-electron chi connectivity index (χ4n) is 4.30. The summed E-state index contributed by atoms with van der Waals surface area (Å²) in [7, 11) is 1.47. The summed E-state index contributed by atoms with van der Waals surface area (Å²) >= 11 is 0. The minimum atomic E-state index is -0.359. The zero-order valence-corrected chi connectivity index (χ0v) is 19.9. The second-order valence-corrected chi connectivity index (χ2v) is 9.02. The normalized spacial score (nSPS) is 15.0. The fraction of sp³-hybridized carbons (Fsp3) is 0.440. The van der Waals surface area contributed by atoms with Crippen LogP contribution >= 0.6 is 0 Å². The topological polar surface area (TPSA) is 85.2 Å². The Labute approximate surface area is 199 Å². The minimum absolute atomic E-state index is 0.170. The van der Waals surface area contributed by atoms with Crippen LogP contribution in [0.25, 0.3) is 0 Å². The first-order valence-electron chi connectivity index (χ1n) is 11.6. The summed E-state index contributed by atoms with van der Waals surface area (Å²) < 4.78 is 21.0. The third-order valence-electron chi connectivity index (χ3n) is 6.02. The van der Waals surface area contributed by atoms with Crippen LogP contribution in [0.4, 0.5) is 4.39 Å². The highest BCUT2D eigenvalue weighted by molar-refractivity contribution is 5.94. The molecule has 3 aromatic rings. The van der Waals surface area contributed by atoms with E-state index in [1.807, 2.05) is 0 Å². The molecule has 0 radical (unpaired) electrons. The van der Waals surface area contributed by atoms with E-state index < -0.39 is 0 Å². The van der Waals surface area contributed by atoms with Crippen molar-refractivity contribution >= 4 is 5.91 Å². The molecule has 0 bridgehead atoms. The van der Waals surface area contributed by atoms with Crippen LogP contribution in [-0.4, -0.2) is 50.8 Å². The van der Waals surface area contributed by atoms with Gasteiger partial charge in [0.15, 0.2) is 17.4 Å². The van der Waals surface area contributed by atoms with Gasteiger partial charge in [0, 0.05) is 45.0 Å². The van der Waals surface area contributed by atoms with Gasteiger partial charge in [-0.05, 0) is 42.2 Å². The maximum atomic E-state index is 13.8. The van der Waals surface area contributed by atoms with Gasteiger partial charge in [-0.3, -0.25) is 14.7 Å². The molecule has 1 N–H and O–H groups in total. The second kappa shape index (κ2) is 10.7. The van der Waals surface area contributed by atoms with Crippen molar-refractivity contribution in [1.82, 2.24) is 30.0 Å². The number of rotatable bonds is 8. The Morgan fingerprint density at radius 1 is 1.21 bits per heavy atom. The second-order valence-electron chi connectivity index (χ2n) is 9.02. The third-order valence-corrected chi connectivity index (χ3v) is 6.02. The van der Waals surface area contributed by atoms with Gasteiger partial charge in [0.1, 0.15) is 5.82 Å². The number of benzene rings is 1. The van der Waals surface area contributed by atoms with Crippen LogP contribution in [0.5, 0.6) is 5.75 Å². The van der Waals surface area contributed by atoms with Gasteiger partial charge in [-0.15, -0.1) is 10.2 Å². The number of hydrogen-bond donors (Lipinski definition) is 1. The molecule has 1 aliphatic heterocycles. The zero-order chi connectivity index (χ0) is 24.1. The van der Waals surface area contributed by atoms with Gasteiger partial charge in [-0.1, -0.05) is 19.9 Å². The van der Waals surface area contributed by atoms with Crippen LogP contribution in [0.2, 0.25) is 0 Å². The first-order valence-corrected chi connectivity index (χ1v) is 11.6. The van der Waals surface area contributed by atoms with E-state index in [-0.39, 0.29) is 23.5 Å². The maximum absolute atomic E-state index is 13.8. The molecule has 2 aromatic heterocycles. The Balaban J connectivity index is 1.49. The number of fused-ring (bicyclic) bond motifs is 1. The lowest BCUT2D eigenvalue weighted by Gasteiger charge is -2.22. The Kier molecular flexibility index (Phi) is 7.52. The number of ether oxygens (including phenoxy) is 1. The lowest BCUT2D eigenvalue weighted by molar-refractivity contribution is 0.0928. The largest absolute Gasteiger partial charge is 0.494 e. The predicted molar refractivity (Wildman–Crippen MR) is 126 cm³/mol. The molecule has 0 saturated carbocycles. The zero-order valence-electron chi connectivity index (χ0n) is 19.9. The molecule has 1 aliphatic rings. The van der Waals surface area contributed by atoms with Crippen LogP contribution in [0.3, 0.4) is 0 Å². The van der Waals surface area contributed by atoms with Crippen LogP contribution in [0.1, 0.15) is 53.9 Å². The van der Waals surface area contributed by atoms with Crippen molar-refractivity contribution in [2.75, 3.05) is 20.2 Å². The average molecular weight is 467 g/mol. The summed E-state index contributed by atoms with van der Waals surface area (Å²) in [6.07, 6.45) is 4.71. The summed E-state index contributed by atoms with van der Waals surface area (Å²) in [5, 5.41) is 12.1. The quantitative estimate of drug-likeness (QED) is 0.548. The molecule has 3 heterocycles. The van der Waals surface area contributed by atoms with E-state index in [0.717, 1.165) is 43.1 Å². The Morgan fingerprint density at radius 3 is 2.79 bits per heavy atom. The van der Waals surface area contributed by atoms with Crippen molar-refractivity contribution in [2.45, 2.75) is 45.8 Å². The van der Waals surface area contributed by atoms with Crippen molar-refractivity contribution < 1.29 is 13.9 Å². The van der Waals surface area contributed by atoms with Crippen LogP contribution in [0, 0.1) is 11.7 Å². The number of amides is 1. The fourth-order valence-corrected chi connectivity index (χ4v) is 4.30. The highest BCUT2D eigenvalue weighted by Crippen LogP contribution is 2.24. The van der Waals surface area contributed by atoms with Gasteiger partial charge in [0.2, 0.25) is 0 Å². The highest BCUT2D eigenvalue weighted by atomic mass is 19.1. The molecular formula is C25H31FN6O2. The molecule has 4 rings (SSSR count). The molecule has 9 heteroatoms. The predicted octanol–water partition coefficient (Wildman–Crippen LogP) is 3.40. The number of hydrogen-bond acceptors (Lipinski definition) is 6. The Morgan fingerprint density at radius 2 is 2.06 bits per heavy atom. The van der Waals surface area contributed by atoms with Gasteiger partial charge in [0.25, 0.3) is 5.91 Å². The molecule has 1 aromatic carbocycles. The number of methoxy groups -OCH3 is 1. The van der Waals surface area contributed by atoms with E-state index in [0.29, 0.717) is 24.6 Å². The van der Waals surface area contributed by atoms with Crippen LogP contribution in [0.15, 0.2) is 42.7 Å². The minimum Gasteiger partial charge on any atom is -0.494 e. The Hall–Kier alpha value is -3.33. The average Bonchev–Trinajstić information content (AvgIpc) is 3.14. The smallest absolute Gasteiger partial charge is 0.253 e. The lowest BCUT2D eigenvalue weighted by atomic mass is 10.0. The van der Waals surface area contributed by atoms with Crippen molar-refractivity contribution in [2.24, 2.45) is 5.92 Å². The number of nitrogens with one attached hydrogen (secondary N) is 1. The first-order chi connectivity index (χ1) is 16.4. The molecule has 1 amide bonds. The molecule has 0 aliphatic carbocycles. The van der Waals surface area contributed by atoms with E-state index in [4.69, 9.17) is 4.74 Å². The summed E-state index contributed by atoms with van der Waals surface area (Å²) in [6.45, 7) is 7.27. The van der Waals surface area contributed by atoms with Crippen molar-refractivity contribution in [3.63, 3.8) is 0 Å². The molecular weight excluding hydrogens is 435 g/mol. The number of halogens is 1. The van der Waals surface area contributed by atoms with E-state index in [1.165, 1.54) is 13.2 Å². The molecule has 180 valence electrons. The van der Waals surface area contributed by atoms with E-state index in [9.17, 15) is 9.18 Å². The number of aromatic nitrogens is 4. The summed E-state index contributed by atoms with van der Waals surface area (Å²) in [6, 6.07) is 8.24. The van der Waals surface area contributed by atoms with E-state index in [2.05, 4.69) is 43.8 Å². The summed E-state index contributed by atoms with van der Waals surface area (Å²) in [5.41, 5.74) is 1.52. The molecule has 34 heavy (non-hydrogen) atoms. The molecule has 0 unspecified atom stereocenters. The highest BCUT2D eigenvalue weighted by Gasteiger charge is 2.26. The number of carbonyl (C=O) groups excluding carboxylic acids is 1. The molecule has 8 nitrogen and oxygen atoms in total. The van der Waals surface area contributed by atoms with Gasteiger partial charge < -0.3 is 14.6 Å². The number of nitrogens with zero attached hydrogens (tertiary/aromatic N) is 5. The third kappa shape index (κ3) is 5.59. The van der Waals surface area contributed by atoms with E-state index >= 15 is 0 Å². The van der Waals surface area contributed by atoms with Crippen LogP contribution in [-0.2, 0) is 19.5 Å². The van der Waals surface area contributed by atoms with Gasteiger partial charge >= 0.3 is 0 Å². The lowest BCUT2D eigenvalue weighted by Crippen LogP contribution is -2.32. The van der Waals surface area contributed by atoms with Gasteiger partial charge in [0.05, 0.1) is 18.7 Å². The SMILES string of the molecule is COc1cc(CN2CCc3nnc([C@H](CC(C)C)NC(=O)c4cccnc4)n3CC2)ccc1F. The molecule has 1 atom stereocenters. The maximum Gasteiger partial charge on any atom is 0.253 e. The van der Waals surface area contributed by atoms with Crippen molar-refractivity contribution in [3.05, 3.63) is 71.3 Å². The van der Waals surface area contributed by atoms with Crippen LogP contribution < -0.4 is 10.1 Å². The van der Waals surface area contributed by atoms with E-state index in [1.54, 1.807) is 36.7 Å². The molecule has 0 fully saturated rings. The number of carbonyl (C=O) groups is 1.